The summed E-state index contributed by atoms with van der Waals surface area (Å²) in [5, 5.41) is 11.1. The van der Waals surface area contributed by atoms with Crippen molar-refractivity contribution in [2.75, 3.05) is 12.3 Å². The fourth-order valence-electron chi connectivity index (χ4n) is 1.18. The van der Waals surface area contributed by atoms with Crippen LogP contribution < -0.4 is 16.2 Å². The van der Waals surface area contributed by atoms with Gasteiger partial charge in [0.15, 0.2) is 0 Å². The highest BCUT2D eigenvalue weighted by atomic mass is 32.2. The van der Waals surface area contributed by atoms with E-state index in [-0.39, 0.29) is 12.3 Å². The Hall–Kier alpha value is -1.45. The molecule has 1 heterocycles. The fourth-order valence-corrected chi connectivity index (χ4v) is 1.57. The van der Waals surface area contributed by atoms with E-state index >= 15 is 0 Å². The average molecular weight is 261 g/mol. The van der Waals surface area contributed by atoms with Crippen LogP contribution in [0.2, 0.25) is 0 Å². The summed E-state index contributed by atoms with van der Waals surface area (Å²) in [7, 11) is -1.87. The normalized spacial score (nSPS) is 13.4. The van der Waals surface area contributed by atoms with Crippen LogP contribution in [0.1, 0.15) is 11.6 Å². The minimum atomic E-state index is -3.58. The van der Waals surface area contributed by atoms with Gasteiger partial charge in [-0.25, -0.2) is 13.6 Å². The lowest BCUT2D eigenvalue weighted by Gasteiger charge is -2.09. The second kappa shape index (κ2) is 5.25. The summed E-state index contributed by atoms with van der Waals surface area (Å²) >= 11 is 0. The number of hydrogen-bond donors (Lipinski definition) is 3. The van der Waals surface area contributed by atoms with Crippen LogP contribution in [0.3, 0.4) is 0 Å². The first kappa shape index (κ1) is 13.6. The van der Waals surface area contributed by atoms with Gasteiger partial charge in [-0.2, -0.15) is 5.10 Å². The second-order valence-electron chi connectivity index (χ2n) is 3.58. The van der Waals surface area contributed by atoms with Gasteiger partial charge in [0.2, 0.25) is 15.9 Å². The first-order chi connectivity index (χ1) is 7.79. The topological polar surface area (TPSA) is 133 Å². The molecule has 1 aromatic heterocycles. The monoisotopic (exact) mass is 261 g/mol. The highest BCUT2D eigenvalue weighted by Gasteiger charge is 2.17. The molecule has 17 heavy (non-hydrogen) atoms. The highest BCUT2D eigenvalue weighted by molar-refractivity contribution is 7.89. The van der Waals surface area contributed by atoms with E-state index in [2.05, 4.69) is 10.4 Å². The molecule has 0 saturated carbocycles. The van der Waals surface area contributed by atoms with Gasteiger partial charge in [-0.1, -0.05) is 0 Å². The van der Waals surface area contributed by atoms with Gasteiger partial charge < -0.3 is 11.1 Å². The van der Waals surface area contributed by atoms with Gasteiger partial charge in [-0.3, -0.25) is 9.48 Å². The van der Waals surface area contributed by atoms with Crippen molar-refractivity contribution < 1.29 is 13.2 Å². The first-order valence-corrected chi connectivity index (χ1v) is 6.53. The fraction of sp³-hybridized carbons (Fsp3) is 0.500. The summed E-state index contributed by atoms with van der Waals surface area (Å²) < 4.78 is 22.8. The number of aromatic nitrogens is 2. The van der Waals surface area contributed by atoms with Crippen molar-refractivity contribution in [2.45, 2.75) is 6.04 Å². The smallest absolute Gasteiger partial charge is 0.241 e. The van der Waals surface area contributed by atoms with Crippen LogP contribution in [-0.4, -0.2) is 36.4 Å². The molecule has 0 aliphatic heterocycles. The van der Waals surface area contributed by atoms with Gasteiger partial charge in [-0.05, 0) is 0 Å². The standard InChI is InChI=1S/C8H15N5O3S/c1-13-5-6(4-12-13)7(9)8(14)11-2-3-17(10,15)16/h4-5,7H,2-3,9H2,1H3,(H,11,14)(H2,10,15,16). The van der Waals surface area contributed by atoms with E-state index < -0.39 is 22.0 Å². The minimum absolute atomic E-state index is 0.0639. The van der Waals surface area contributed by atoms with Gasteiger partial charge in [0.25, 0.3) is 0 Å². The molecule has 5 N–H and O–H groups in total. The molecule has 1 aromatic rings. The zero-order valence-electron chi connectivity index (χ0n) is 9.33. The lowest BCUT2D eigenvalue weighted by atomic mass is 10.1. The lowest BCUT2D eigenvalue weighted by Crippen LogP contribution is -2.37. The highest BCUT2D eigenvalue weighted by Crippen LogP contribution is 2.07. The maximum atomic E-state index is 11.5. The van der Waals surface area contributed by atoms with E-state index in [0.717, 1.165) is 0 Å². The molecule has 0 aliphatic rings. The molecule has 96 valence electrons. The molecule has 0 aliphatic carbocycles. The van der Waals surface area contributed by atoms with Gasteiger partial charge in [0, 0.05) is 25.4 Å². The molecule has 1 unspecified atom stereocenters. The first-order valence-electron chi connectivity index (χ1n) is 4.82. The molecule has 0 saturated heterocycles. The molecule has 0 bridgehead atoms. The van der Waals surface area contributed by atoms with E-state index in [0.29, 0.717) is 5.56 Å². The quantitative estimate of drug-likeness (QED) is 0.554. The summed E-state index contributed by atoms with van der Waals surface area (Å²) in [6.07, 6.45) is 3.09. The van der Waals surface area contributed by atoms with Crippen LogP contribution in [0, 0.1) is 0 Å². The number of primary sulfonamides is 1. The maximum Gasteiger partial charge on any atom is 0.241 e. The molecular weight excluding hydrogens is 246 g/mol. The molecule has 8 nitrogen and oxygen atoms in total. The molecule has 9 heteroatoms. The summed E-state index contributed by atoms with van der Waals surface area (Å²) in [4.78, 5) is 11.5. The molecule has 1 amide bonds. The van der Waals surface area contributed by atoms with E-state index in [1.165, 1.54) is 10.9 Å². The predicted molar refractivity (Wildman–Crippen MR) is 61.1 cm³/mol. The molecule has 1 atom stereocenters. The summed E-state index contributed by atoms with van der Waals surface area (Å²) in [6.45, 7) is -0.0639. The van der Waals surface area contributed by atoms with Crippen molar-refractivity contribution in [3.05, 3.63) is 18.0 Å². The number of carbonyl (C=O) groups excluding carboxylic acids is 1. The lowest BCUT2D eigenvalue weighted by molar-refractivity contribution is -0.122. The Balaban J connectivity index is 2.48. The van der Waals surface area contributed by atoms with Crippen molar-refractivity contribution in [1.29, 1.82) is 0 Å². The number of nitrogens with zero attached hydrogens (tertiary/aromatic N) is 2. The van der Waals surface area contributed by atoms with Crippen LogP contribution in [0.25, 0.3) is 0 Å². The molecule has 0 aromatic carbocycles. The summed E-state index contributed by atoms with van der Waals surface area (Å²) in [5.41, 5.74) is 6.21. The zero-order valence-corrected chi connectivity index (χ0v) is 10.1. The third-order valence-electron chi connectivity index (χ3n) is 2.05. The molecule has 0 fully saturated rings. The maximum absolute atomic E-state index is 11.5. The number of aryl methyl sites for hydroxylation is 1. The van der Waals surface area contributed by atoms with Crippen molar-refractivity contribution in [3.63, 3.8) is 0 Å². The SMILES string of the molecule is Cn1cc(C(N)C(=O)NCCS(N)(=O)=O)cn1. The molecular formula is C8H15N5O3S. The van der Waals surface area contributed by atoms with Gasteiger partial charge in [-0.15, -0.1) is 0 Å². The Labute approximate surface area is 99.0 Å². The van der Waals surface area contributed by atoms with E-state index in [1.807, 2.05) is 0 Å². The Kier molecular flexibility index (Phi) is 4.21. The summed E-state index contributed by atoms with van der Waals surface area (Å²) in [6, 6.07) is -0.871. The minimum Gasteiger partial charge on any atom is -0.353 e. The van der Waals surface area contributed by atoms with Crippen molar-refractivity contribution in [3.8, 4) is 0 Å². The third kappa shape index (κ3) is 4.51. The van der Waals surface area contributed by atoms with Crippen LogP contribution in [-0.2, 0) is 21.9 Å². The van der Waals surface area contributed by atoms with Gasteiger partial charge in [0.05, 0.1) is 11.9 Å². The van der Waals surface area contributed by atoms with Crippen LogP contribution >= 0.6 is 0 Å². The third-order valence-corrected chi connectivity index (χ3v) is 2.83. The number of hydrogen-bond acceptors (Lipinski definition) is 5. The number of rotatable bonds is 5. The molecule has 1 rings (SSSR count). The molecule has 0 radical (unpaired) electrons. The average Bonchev–Trinajstić information content (AvgIpc) is 2.61. The Morgan fingerprint density at radius 1 is 1.65 bits per heavy atom. The van der Waals surface area contributed by atoms with E-state index in [4.69, 9.17) is 10.9 Å². The van der Waals surface area contributed by atoms with E-state index in [1.54, 1.807) is 13.2 Å². The van der Waals surface area contributed by atoms with Crippen LogP contribution in [0.4, 0.5) is 0 Å². The van der Waals surface area contributed by atoms with Gasteiger partial charge >= 0.3 is 0 Å². The van der Waals surface area contributed by atoms with Crippen molar-refractivity contribution >= 4 is 15.9 Å². The number of carbonyl (C=O) groups is 1. The second-order valence-corrected chi connectivity index (χ2v) is 5.32. The zero-order chi connectivity index (χ0) is 13.1. The van der Waals surface area contributed by atoms with Gasteiger partial charge in [0.1, 0.15) is 6.04 Å². The number of sulfonamides is 1. The number of nitrogens with one attached hydrogen (secondary N) is 1. The Morgan fingerprint density at radius 3 is 2.76 bits per heavy atom. The summed E-state index contributed by atoms with van der Waals surface area (Å²) in [5.74, 6) is -0.792. The van der Waals surface area contributed by atoms with E-state index in [9.17, 15) is 13.2 Å². The molecule has 0 spiro atoms. The Morgan fingerprint density at radius 2 is 2.29 bits per heavy atom. The van der Waals surface area contributed by atoms with Crippen LogP contribution in [0.15, 0.2) is 12.4 Å². The predicted octanol–water partition coefficient (Wildman–Crippen LogP) is -2.18. The van der Waals surface area contributed by atoms with Crippen molar-refractivity contribution in [2.24, 2.45) is 17.9 Å². The van der Waals surface area contributed by atoms with Crippen LogP contribution in [0.5, 0.6) is 0 Å². The largest absolute Gasteiger partial charge is 0.353 e. The number of nitrogens with two attached hydrogens (primary N) is 2. The number of amides is 1. The Bertz CT molecular complexity index is 495. The van der Waals surface area contributed by atoms with Crippen molar-refractivity contribution in [1.82, 2.24) is 15.1 Å².